The lowest BCUT2D eigenvalue weighted by Crippen LogP contribution is -2.09. The molecule has 0 amide bonds. The smallest absolute Gasteiger partial charge is 0.163 e. The molecule has 186 valence electrons. The number of ketones is 1. The highest BCUT2D eigenvalue weighted by Gasteiger charge is 2.17. The van der Waals surface area contributed by atoms with Gasteiger partial charge in [-0.1, -0.05) is 18.2 Å². The molecule has 0 radical (unpaired) electrons. The molecule has 0 atom stereocenters. The highest BCUT2D eigenvalue weighted by Crippen LogP contribution is 2.32. The SMILES string of the molecule is CC1=C(C=O)CCc2cc(OCCCc3ccc(F)cc3)ccc21.O=C1CCCc2cc(O)ccc21. The summed E-state index contributed by atoms with van der Waals surface area (Å²) in [6, 6.07) is 17.7. The first-order valence-electron chi connectivity index (χ1n) is 12.4. The predicted molar refractivity (Wildman–Crippen MR) is 139 cm³/mol. The molecule has 0 unspecified atom stereocenters. The van der Waals surface area contributed by atoms with E-state index in [-0.39, 0.29) is 17.3 Å². The molecule has 36 heavy (non-hydrogen) atoms. The van der Waals surface area contributed by atoms with E-state index in [2.05, 4.69) is 6.07 Å². The Hall–Kier alpha value is -3.73. The van der Waals surface area contributed by atoms with E-state index in [9.17, 15) is 14.0 Å². The van der Waals surface area contributed by atoms with Crippen molar-refractivity contribution in [3.8, 4) is 11.5 Å². The first kappa shape index (κ1) is 25.4. The molecule has 3 aromatic carbocycles. The number of aldehydes is 1. The number of ether oxygens (including phenoxy) is 1. The minimum atomic E-state index is -0.203. The Morgan fingerprint density at radius 1 is 0.917 bits per heavy atom. The van der Waals surface area contributed by atoms with Gasteiger partial charge in [0.25, 0.3) is 0 Å². The molecule has 3 aromatic rings. The maximum atomic E-state index is 12.9. The Bertz CT molecular complexity index is 1270. The van der Waals surface area contributed by atoms with Crippen molar-refractivity contribution in [2.45, 2.75) is 51.9 Å². The average Bonchev–Trinajstić information content (AvgIpc) is 2.88. The van der Waals surface area contributed by atoms with Crippen LogP contribution >= 0.6 is 0 Å². The second kappa shape index (κ2) is 11.8. The lowest BCUT2D eigenvalue weighted by atomic mass is 9.87. The summed E-state index contributed by atoms with van der Waals surface area (Å²) in [7, 11) is 0. The molecule has 2 aliphatic carbocycles. The van der Waals surface area contributed by atoms with Crippen LogP contribution in [0.2, 0.25) is 0 Å². The molecule has 0 aromatic heterocycles. The van der Waals surface area contributed by atoms with Gasteiger partial charge in [0.2, 0.25) is 0 Å². The summed E-state index contributed by atoms with van der Waals surface area (Å²) >= 11 is 0. The lowest BCUT2D eigenvalue weighted by molar-refractivity contribution is -0.105. The van der Waals surface area contributed by atoms with Gasteiger partial charge in [-0.2, -0.15) is 0 Å². The number of rotatable bonds is 6. The molecular weight excluding hydrogens is 455 g/mol. The molecule has 0 heterocycles. The highest BCUT2D eigenvalue weighted by molar-refractivity contribution is 5.98. The molecule has 0 aliphatic heterocycles. The summed E-state index contributed by atoms with van der Waals surface area (Å²) < 4.78 is 18.7. The minimum Gasteiger partial charge on any atom is -0.508 e. The van der Waals surface area contributed by atoms with Gasteiger partial charge >= 0.3 is 0 Å². The number of aromatic hydroxyl groups is 1. The van der Waals surface area contributed by atoms with Crippen molar-refractivity contribution in [3.05, 3.63) is 99.9 Å². The second-order valence-electron chi connectivity index (χ2n) is 9.28. The van der Waals surface area contributed by atoms with E-state index in [1.165, 1.54) is 17.7 Å². The summed E-state index contributed by atoms with van der Waals surface area (Å²) in [4.78, 5) is 22.4. The third-order valence-electron chi connectivity index (χ3n) is 6.80. The maximum Gasteiger partial charge on any atom is 0.163 e. The number of fused-ring (bicyclic) bond motifs is 2. The number of carbonyl (C=O) groups excluding carboxylic acids is 2. The van der Waals surface area contributed by atoms with Crippen LogP contribution in [0.25, 0.3) is 5.57 Å². The fourth-order valence-corrected chi connectivity index (χ4v) is 4.76. The van der Waals surface area contributed by atoms with Crippen LogP contribution in [0.1, 0.15) is 65.2 Å². The fourth-order valence-electron chi connectivity index (χ4n) is 4.76. The van der Waals surface area contributed by atoms with Crippen LogP contribution in [0.5, 0.6) is 11.5 Å². The Kier molecular flexibility index (Phi) is 8.32. The monoisotopic (exact) mass is 486 g/mol. The Labute approximate surface area is 211 Å². The van der Waals surface area contributed by atoms with Crippen LogP contribution in [-0.2, 0) is 24.1 Å². The van der Waals surface area contributed by atoms with Crippen LogP contribution in [0.3, 0.4) is 0 Å². The zero-order valence-electron chi connectivity index (χ0n) is 20.6. The summed E-state index contributed by atoms with van der Waals surface area (Å²) in [5.41, 5.74) is 7.28. The predicted octanol–water partition coefficient (Wildman–Crippen LogP) is 6.67. The van der Waals surface area contributed by atoms with Crippen molar-refractivity contribution < 1.29 is 23.8 Å². The van der Waals surface area contributed by atoms with Crippen molar-refractivity contribution in [2.75, 3.05) is 6.61 Å². The zero-order valence-corrected chi connectivity index (χ0v) is 20.6. The van der Waals surface area contributed by atoms with Crippen LogP contribution in [-0.4, -0.2) is 23.8 Å². The molecule has 0 bridgehead atoms. The molecule has 5 heteroatoms. The molecule has 0 spiro atoms. The minimum absolute atomic E-state index is 0.203. The number of phenols is 1. The van der Waals surface area contributed by atoms with Gasteiger partial charge in [-0.3, -0.25) is 9.59 Å². The third-order valence-corrected chi connectivity index (χ3v) is 6.80. The molecule has 0 saturated heterocycles. The van der Waals surface area contributed by atoms with Crippen LogP contribution in [0.15, 0.2) is 66.2 Å². The number of allylic oxidation sites excluding steroid dienone is 2. The first-order valence-corrected chi connectivity index (χ1v) is 12.4. The Morgan fingerprint density at radius 3 is 2.44 bits per heavy atom. The molecule has 0 fully saturated rings. The van der Waals surface area contributed by atoms with E-state index in [4.69, 9.17) is 9.84 Å². The van der Waals surface area contributed by atoms with Crippen LogP contribution in [0.4, 0.5) is 4.39 Å². The second-order valence-corrected chi connectivity index (χ2v) is 9.28. The van der Waals surface area contributed by atoms with E-state index < -0.39 is 0 Å². The van der Waals surface area contributed by atoms with Crippen molar-refractivity contribution in [3.63, 3.8) is 0 Å². The van der Waals surface area contributed by atoms with E-state index >= 15 is 0 Å². The van der Waals surface area contributed by atoms with E-state index in [0.29, 0.717) is 13.0 Å². The third kappa shape index (κ3) is 6.28. The highest BCUT2D eigenvalue weighted by atomic mass is 19.1. The maximum absolute atomic E-state index is 12.9. The van der Waals surface area contributed by atoms with Crippen molar-refractivity contribution in [1.29, 1.82) is 0 Å². The summed E-state index contributed by atoms with van der Waals surface area (Å²) in [5.74, 6) is 1.13. The molecule has 5 rings (SSSR count). The van der Waals surface area contributed by atoms with E-state index in [1.54, 1.807) is 18.2 Å². The Morgan fingerprint density at radius 2 is 1.67 bits per heavy atom. The quantitative estimate of drug-likeness (QED) is 0.312. The number of benzene rings is 3. The number of carbonyl (C=O) groups is 2. The van der Waals surface area contributed by atoms with Crippen molar-refractivity contribution in [2.24, 2.45) is 0 Å². The van der Waals surface area contributed by atoms with Gasteiger partial charge in [0.05, 0.1) is 6.61 Å². The van der Waals surface area contributed by atoms with Gasteiger partial charge in [0.1, 0.15) is 23.6 Å². The van der Waals surface area contributed by atoms with E-state index in [0.717, 1.165) is 84.0 Å². The van der Waals surface area contributed by atoms with Gasteiger partial charge in [-0.15, -0.1) is 0 Å². The van der Waals surface area contributed by atoms with Gasteiger partial charge in [-0.25, -0.2) is 4.39 Å². The molecular formula is C31H31FO4. The zero-order chi connectivity index (χ0) is 25.5. The first-order chi connectivity index (χ1) is 17.4. The number of aryl methyl sites for hydroxylation is 3. The standard InChI is InChI=1S/C21H21FO2.C10H10O2/c1-15-18(14-23)7-6-17-13-20(10-11-21(15)17)24-12-2-3-16-4-8-19(22)9-5-16;11-8-4-5-9-7(6-8)2-1-3-10(9)12/h4-5,8-11,13-14H,2-3,6-7,12H2,1H3;4-6,11H,1-3H2. The summed E-state index contributed by atoms with van der Waals surface area (Å²) in [6.07, 6.45) is 6.89. The number of phenolic OH excluding ortho intramolecular Hbond substituents is 1. The summed E-state index contributed by atoms with van der Waals surface area (Å²) in [6.45, 7) is 2.63. The van der Waals surface area contributed by atoms with Crippen LogP contribution < -0.4 is 4.74 Å². The molecule has 0 saturated carbocycles. The normalized spacial score (nSPS) is 14.3. The largest absolute Gasteiger partial charge is 0.508 e. The van der Waals surface area contributed by atoms with Crippen molar-refractivity contribution >= 4 is 17.6 Å². The molecule has 2 aliphatic rings. The summed E-state index contributed by atoms with van der Waals surface area (Å²) in [5, 5.41) is 9.16. The van der Waals surface area contributed by atoms with E-state index in [1.807, 2.05) is 31.2 Å². The molecule has 1 N–H and O–H groups in total. The van der Waals surface area contributed by atoms with Crippen LogP contribution in [0, 0.1) is 5.82 Å². The fraction of sp³-hybridized carbons (Fsp3) is 0.290. The number of Topliss-reactive ketones (excluding diaryl/α,β-unsaturated/α-hetero) is 1. The number of hydrogen-bond acceptors (Lipinski definition) is 4. The lowest BCUT2D eigenvalue weighted by Gasteiger charge is -2.19. The Balaban J connectivity index is 0.000000211. The number of hydrogen-bond donors (Lipinski definition) is 1. The topological polar surface area (TPSA) is 63.6 Å². The van der Waals surface area contributed by atoms with Gasteiger partial charge in [-0.05, 0) is 121 Å². The van der Waals surface area contributed by atoms with Gasteiger partial charge in [0.15, 0.2) is 5.78 Å². The molecule has 4 nitrogen and oxygen atoms in total. The van der Waals surface area contributed by atoms with Gasteiger partial charge in [0, 0.05) is 12.0 Å². The number of halogens is 1. The average molecular weight is 487 g/mol. The van der Waals surface area contributed by atoms with Crippen molar-refractivity contribution in [1.82, 2.24) is 0 Å². The van der Waals surface area contributed by atoms with Gasteiger partial charge < -0.3 is 9.84 Å².